The predicted octanol–water partition coefficient (Wildman–Crippen LogP) is 1.91. The molecule has 1 aromatic carbocycles. The van der Waals surface area contributed by atoms with Crippen LogP contribution in [-0.2, 0) is 11.2 Å². The maximum Gasteiger partial charge on any atom is 0.287 e. The molecule has 104 valence electrons. The van der Waals surface area contributed by atoms with Crippen molar-refractivity contribution in [1.82, 2.24) is 5.48 Å². The first kappa shape index (κ1) is 13.7. The van der Waals surface area contributed by atoms with Crippen LogP contribution >= 0.6 is 0 Å². The Kier molecular flexibility index (Phi) is 3.18. The van der Waals surface area contributed by atoms with E-state index in [0.29, 0.717) is 18.6 Å². The van der Waals surface area contributed by atoms with E-state index >= 15 is 0 Å². The molecule has 1 aliphatic rings. The van der Waals surface area contributed by atoms with Crippen LogP contribution in [0.25, 0.3) is 0 Å². The van der Waals surface area contributed by atoms with E-state index in [0.717, 1.165) is 22.3 Å². The van der Waals surface area contributed by atoms with Gasteiger partial charge in [-0.3, -0.25) is 10.0 Å². The highest BCUT2D eigenvalue weighted by Crippen LogP contribution is 2.43. The van der Waals surface area contributed by atoms with Gasteiger partial charge in [-0.05, 0) is 50.8 Å². The van der Waals surface area contributed by atoms with Crippen molar-refractivity contribution in [2.75, 3.05) is 0 Å². The van der Waals surface area contributed by atoms with E-state index in [9.17, 15) is 9.90 Å². The molecule has 1 amide bonds. The van der Waals surface area contributed by atoms with Gasteiger partial charge in [-0.25, -0.2) is 5.48 Å². The van der Waals surface area contributed by atoms with E-state index in [1.54, 1.807) is 12.4 Å². The molecule has 1 aromatic rings. The number of benzene rings is 1. The van der Waals surface area contributed by atoms with Crippen LogP contribution in [0, 0.1) is 20.8 Å². The number of amides is 1. The van der Waals surface area contributed by atoms with Gasteiger partial charge >= 0.3 is 0 Å². The lowest BCUT2D eigenvalue weighted by molar-refractivity contribution is -0.145. The Morgan fingerprint density at radius 3 is 2.47 bits per heavy atom. The topological polar surface area (TPSA) is 78.8 Å². The average Bonchev–Trinajstić information content (AvgIpc) is 2.41. The third-order valence-electron chi connectivity index (χ3n) is 4.10. The van der Waals surface area contributed by atoms with E-state index in [1.165, 1.54) is 0 Å². The summed E-state index contributed by atoms with van der Waals surface area (Å²) in [5.41, 5.74) is 3.88. The zero-order valence-electron chi connectivity index (χ0n) is 11.6. The summed E-state index contributed by atoms with van der Waals surface area (Å²) in [6, 6.07) is 0. The van der Waals surface area contributed by atoms with Gasteiger partial charge in [-0.15, -0.1) is 0 Å². The van der Waals surface area contributed by atoms with Crippen molar-refractivity contribution >= 4 is 5.91 Å². The summed E-state index contributed by atoms with van der Waals surface area (Å²) in [4.78, 5) is 11.7. The number of ether oxygens (including phenoxy) is 1. The van der Waals surface area contributed by atoms with Gasteiger partial charge in [-0.1, -0.05) is 0 Å². The Hall–Kier alpha value is -1.75. The number of hydrogen-bond acceptors (Lipinski definition) is 4. The number of nitrogens with one attached hydrogen (secondary N) is 1. The number of aromatic hydroxyl groups is 1. The van der Waals surface area contributed by atoms with E-state index in [4.69, 9.17) is 9.94 Å². The first-order valence-corrected chi connectivity index (χ1v) is 6.27. The van der Waals surface area contributed by atoms with Crippen LogP contribution in [0.5, 0.6) is 11.5 Å². The van der Waals surface area contributed by atoms with Crippen LogP contribution in [0.4, 0.5) is 0 Å². The number of hydrogen-bond donors (Lipinski definition) is 3. The molecular weight excluding hydrogens is 246 g/mol. The maximum atomic E-state index is 11.7. The minimum Gasteiger partial charge on any atom is -0.507 e. The van der Waals surface area contributed by atoms with Gasteiger partial charge < -0.3 is 9.84 Å². The second-order valence-corrected chi connectivity index (χ2v) is 5.31. The van der Waals surface area contributed by atoms with Gasteiger partial charge in [0, 0.05) is 12.0 Å². The van der Waals surface area contributed by atoms with Crippen molar-refractivity contribution in [3.05, 3.63) is 22.3 Å². The molecule has 0 bridgehead atoms. The minimum atomic E-state index is -1.08. The Labute approximate surface area is 112 Å². The highest BCUT2D eigenvalue weighted by atomic mass is 16.5. The quantitative estimate of drug-likeness (QED) is 0.535. The molecule has 0 spiro atoms. The fourth-order valence-electron chi connectivity index (χ4n) is 2.53. The summed E-state index contributed by atoms with van der Waals surface area (Å²) in [7, 11) is 0. The molecule has 0 fully saturated rings. The lowest BCUT2D eigenvalue weighted by Crippen LogP contribution is -2.50. The molecule has 3 N–H and O–H groups in total. The first-order valence-electron chi connectivity index (χ1n) is 6.27. The Morgan fingerprint density at radius 1 is 1.26 bits per heavy atom. The number of carbonyl (C=O) groups excluding carboxylic acids is 1. The molecule has 1 heterocycles. The summed E-state index contributed by atoms with van der Waals surface area (Å²) in [5, 5.41) is 18.9. The van der Waals surface area contributed by atoms with Crippen molar-refractivity contribution in [3.63, 3.8) is 0 Å². The van der Waals surface area contributed by atoms with E-state index in [1.807, 2.05) is 20.8 Å². The zero-order valence-corrected chi connectivity index (χ0v) is 11.6. The Balaban J connectivity index is 2.55. The van der Waals surface area contributed by atoms with Gasteiger partial charge in [0.05, 0.1) is 0 Å². The SMILES string of the molecule is Cc1c(C)c2c(c(C)c1O)CCC(C)(C(=O)NO)O2. The van der Waals surface area contributed by atoms with Crippen LogP contribution in [0.1, 0.15) is 35.6 Å². The van der Waals surface area contributed by atoms with Gasteiger partial charge in [0.1, 0.15) is 11.5 Å². The van der Waals surface area contributed by atoms with E-state index in [-0.39, 0.29) is 5.75 Å². The van der Waals surface area contributed by atoms with Crippen molar-refractivity contribution in [2.24, 2.45) is 0 Å². The highest BCUT2D eigenvalue weighted by Gasteiger charge is 2.40. The van der Waals surface area contributed by atoms with Crippen LogP contribution in [0.15, 0.2) is 0 Å². The van der Waals surface area contributed by atoms with Crippen LogP contribution < -0.4 is 10.2 Å². The molecule has 0 aliphatic carbocycles. The third-order valence-corrected chi connectivity index (χ3v) is 4.10. The number of hydroxylamine groups is 1. The second-order valence-electron chi connectivity index (χ2n) is 5.31. The molecule has 19 heavy (non-hydrogen) atoms. The Bertz CT molecular complexity index is 553. The van der Waals surface area contributed by atoms with Gasteiger partial charge in [-0.2, -0.15) is 0 Å². The number of phenolic OH excluding ortho intramolecular Hbond substituents is 1. The molecule has 0 aromatic heterocycles. The van der Waals surface area contributed by atoms with Gasteiger partial charge in [0.2, 0.25) is 0 Å². The average molecular weight is 265 g/mol. The lowest BCUT2D eigenvalue weighted by Gasteiger charge is -2.35. The van der Waals surface area contributed by atoms with Crippen molar-refractivity contribution in [2.45, 2.75) is 46.1 Å². The van der Waals surface area contributed by atoms with Gasteiger partial charge in [0.25, 0.3) is 5.91 Å². The summed E-state index contributed by atoms with van der Waals surface area (Å²) in [6.07, 6.45) is 1.08. The molecule has 1 atom stereocenters. The van der Waals surface area contributed by atoms with Crippen LogP contribution in [0.3, 0.4) is 0 Å². The number of fused-ring (bicyclic) bond motifs is 1. The Morgan fingerprint density at radius 2 is 1.89 bits per heavy atom. The van der Waals surface area contributed by atoms with E-state index in [2.05, 4.69) is 0 Å². The molecular formula is C14H19NO4. The fourth-order valence-corrected chi connectivity index (χ4v) is 2.53. The molecule has 5 heteroatoms. The molecule has 5 nitrogen and oxygen atoms in total. The van der Waals surface area contributed by atoms with Gasteiger partial charge in [0.15, 0.2) is 5.60 Å². The lowest BCUT2D eigenvalue weighted by atomic mass is 9.87. The third kappa shape index (κ3) is 1.94. The minimum absolute atomic E-state index is 0.287. The standard InChI is InChI=1S/C14H19NO4/c1-7-8(2)12-10(9(3)11(7)16)5-6-14(4,19-12)13(17)15-18/h16,18H,5-6H2,1-4H3,(H,15,17). The molecule has 1 aliphatic heterocycles. The molecule has 0 radical (unpaired) electrons. The fraction of sp³-hybridized carbons (Fsp3) is 0.500. The summed E-state index contributed by atoms with van der Waals surface area (Å²) < 4.78 is 5.84. The van der Waals surface area contributed by atoms with Crippen LogP contribution in [0.2, 0.25) is 0 Å². The highest BCUT2D eigenvalue weighted by molar-refractivity contribution is 5.84. The molecule has 1 unspecified atom stereocenters. The predicted molar refractivity (Wildman–Crippen MR) is 69.6 cm³/mol. The normalized spacial score (nSPS) is 21.5. The summed E-state index contributed by atoms with van der Waals surface area (Å²) in [5.74, 6) is 0.376. The first-order chi connectivity index (χ1) is 8.81. The smallest absolute Gasteiger partial charge is 0.287 e. The second kappa shape index (κ2) is 4.42. The largest absolute Gasteiger partial charge is 0.507 e. The van der Waals surface area contributed by atoms with Crippen LogP contribution in [-0.4, -0.2) is 21.8 Å². The molecule has 2 rings (SSSR count). The van der Waals surface area contributed by atoms with Crippen molar-refractivity contribution in [1.29, 1.82) is 0 Å². The number of carbonyl (C=O) groups is 1. The maximum absolute atomic E-state index is 11.7. The summed E-state index contributed by atoms with van der Waals surface area (Å²) in [6.45, 7) is 7.17. The zero-order chi connectivity index (χ0) is 14.4. The summed E-state index contributed by atoms with van der Waals surface area (Å²) >= 11 is 0. The number of rotatable bonds is 1. The molecule has 0 saturated heterocycles. The van der Waals surface area contributed by atoms with E-state index < -0.39 is 11.5 Å². The van der Waals surface area contributed by atoms with Crippen molar-refractivity contribution in [3.8, 4) is 11.5 Å². The van der Waals surface area contributed by atoms with Crippen molar-refractivity contribution < 1.29 is 19.8 Å². The number of phenols is 1. The monoisotopic (exact) mass is 265 g/mol. The molecule has 0 saturated carbocycles.